The standard InChI is InChI=1S/C17H24ClN3O2/c1-3-23-15-9-8-12(18)16(19-15)17(22)21-11-5-7-14(21)13-6-4-10-20(13)2/h8-9,13-14H,3-7,10-11H2,1-2H3/t13-,14-/m1/s1. The van der Waals surface area contributed by atoms with Crippen LogP contribution in [0.3, 0.4) is 0 Å². The minimum absolute atomic E-state index is 0.0700. The van der Waals surface area contributed by atoms with Crippen molar-refractivity contribution in [3.63, 3.8) is 0 Å². The summed E-state index contributed by atoms with van der Waals surface area (Å²) >= 11 is 6.23. The second kappa shape index (κ2) is 7.05. The van der Waals surface area contributed by atoms with Gasteiger partial charge < -0.3 is 14.5 Å². The predicted molar refractivity (Wildman–Crippen MR) is 90.1 cm³/mol. The quantitative estimate of drug-likeness (QED) is 0.847. The van der Waals surface area contributed by atoms with E-state index in [1.54, 1.807) is 12.1 Å². The van der Waals surface area contributed by atoms with Gasteiger partial charge in [0.1, 0.15) is 0 Å². The average molecular weight is 338 g/mol. The van der Waals surface area contributed by atoms with Crippen LogP contribution < -0.4 is 4.74 Å². The third-order valence-electron chi connectivity index (χ3n) is 4.90. The Labute approximate surface area is 142 Å². The molecule has 0 saturated carbocycles. The van der Waals surface area contributed by atoms with Gasteiger partial charge in [-0.1, -0.05) is 11.6 Å². The Morgan fingerprint density at radius 2 is 2.04 bits per heavy atom. The zero-order valence-corrected chi connectivity index (χ0v) is 14.6. The molecule has 0 aliphatic carbocycles. The number of likely N-dealkylation sites (N-methyl/N-ethyl adjacent to an activating group) is 1. The molecule has 2 atom stereocenters. The topological polar surface area (TPSA) is 45.7 Å². The van der Waals surface area contributed by atoms with Gasteiger partial charge in [0.25, 0.3) is 5.91 Å². The van der Waals surface area contributed by atoms with Crippen LogP contribution in [0.1, 0.15) is 43.1 Å². The van der Waals surface area contributed by atoms with E-state index in [0.29, 0.717) is 29.2 Å². The minimum Gasteiger partial charge on any atom is -0.478 e. The molecular formula is C17H24ClN3O2. The summed E-state index contributed by atoms with van der Waals surface area (Å²) in [7, 11) is 2.15. The molecule has 2 aliphatic heterocycles. The van der Waals surface area contributed by atoms with Crippen LogP contribution in [0.2, 0.25) is 5.02 Å². The molecule has 2 fully saturated rings. The highest BCUT2D eigenvalue weighted by Gasteiger charge is 2.39. The zero-order chi connectivity index (χ0) is 16.4. The van der Waals surface area contributed by atoms with Gasteiger partial charge >= 0.3 is 0 Å². The lowest BCUT2D eigenvalue weighted by atomic mass is 10.0. The molecule has 0 spiro atoms. The molecule has 2 saturated heterocycles. The molecule has 3 heterocycles. The Balaban J connectivity index is 1.82. The normalized spacial score (nSPS) is 25.1. The van der Waals surface area contributed by atoms with Crippen LogP contribution >= 0.6 is 11.6 Å². The summed E-state index contributed by atoms with van der Waals surface area (Å²) < 4.78 is 5.41. The molecule has 126 valence electrons. The molecule has 1 aromatic heterocycles. The van der Waals surface area contributed by atoms with Gasteiger partial charge in [-0.05, 0) is 52.3 Å². The van der Waals surface area contributed by atoms with E-state index in [0.717, 1.165) is 32.4 Å². The van der Waals surface area contributed by atoms with E-state index < -0.39 is 0 Å². The number of rotatable bonds is 4. The Kier molecular flexibility index (Phi) is 5.07. The molecule has 3 rings (SSSR count). The Hall–Kier alpha value is -1.33. The summed E-state index contributed by atoms with van der Waals surface area (Å²) in [6.45, 7) is 4.30. The Morgan fingerprint density at radius 1 is 1.30 bits per heavy atom. The fourth-order valence-electron chi connectivity index (χ4n) is 3.81. The predicted octanol–water partition coefficient (Wildman–Crippen LogP) is 2.83. The highest BCUT2D eigenvalue weighted by molar-refractivity contribution is 6.33. The highest BCUT2D eigenvalue weighted by Crippen LogP contribution is 2.31. The van der Waals surface area contributed by atoms with Gasteiger partial charge in [-0.3, -0.25) is 4.79 Å². The first-order valence-corrected chi connectivity index (χ1v) is 8.80. The monoisotopic (exact) mass is 337 g/mol. The van der Waals surface area contributed by atoms with Crippen LogP contribution in [0, 0.1) is 0 Å². The van der Waals surface area contributed by atoms with E-state index >= 15 is 0 Å². The van der Waals surface area contributed by atoms with Crippen molar-refractivity contribution in [2.45, 2.75) is 44.7 Å². The van der Waals surface area contributed by atoms with Crippen molar-refractivity contribution in [3.05, 3.63) is 22.8 Å². The largest absolute Gasteiger partial charge is 0.478 e. The van der Waals surface area contributed by atoms with Gasteiger partial charge in [0, 0.05) is 24.7 Å². The number of aromatic nitrogens is 1. The third kappa shape index (κ3) is 3.31. The van der Waals surface area contributed by atoms with E-state index in [4.69, 9.17) is 16.3 Å². The Bertz CT molecular complexity index is 581. The number of hydrogen-bond donors (Lipinski definition) is 0. The number of nitrogens with zero attached hydrogens (tertiary/aromatic N) is 3. The molecule has 1 amide bonds. The molecule has 5 nitrogen and oxygen atoms in total. The van der Waals surface area contributed by atoms with Gasteiger partial charge in [0.15, 0.2) is 5.69 Å². The highest BCUT2D eigenvalue weighted by atomic mass is 35.5. The van der Waals surface area contributed by atoms with E-state index in [1.165, 1.54) is 6.42 Å². The molecule has 0 aromatic carbocycles. The number of hydrogen-bond acceptors (Lipinski definition) is 4. The second-order valence-electron chi connectivity index (χ2n) is 6.31. The summed E-state index contributed by atoms with van der Waals surface area (Å²) in [5.74, 6) is 0.383. The molecule has 0 bridgehead atoms. The fourth-order valence-corrected chi connectivity index (χ4v) is 3.99. The van der Waals surface area contributed by atoms with E-state index in [9.17, 15) is 4.79 Å². The Morgan fingerprint density at radius 3 is 2.74 bits per heavy atom. The second-order valence-corrected chi connectivity index (χ2v) is 6.72. The van der Waals surface area contributed by atoms with Crippen LogP contribution in [0.5, 0.6) is 5.88 Å². The maximum Gasteiger partial charge on any atom is 0.274 e. The van der Waals surface area contributed by atoms with E-state index in [2.05, 4.69) is 16.9 Å². The maximum absolute atomic E-state index is 13.0. The average Bonchev–Trinajstić information content (AvgIpc) is 3.17. The molecule has 0 N–H and O–H groups in total. The molecule has 0 radical (unpaired) electrons. The fraction of sp³-hybridized carbons (Fsp3) is 0.647. The molecule has 1 aromatic rings. The van der Waals surface area contributed by atoms with Crippen LogP contribution in [-0.2, 0) is 0 Å². The number of amides is 1. The van der Waals surface area contributed by atoms with Gasteiger partial charge in [-0.25, -0.2) is 4.98 Å². The van der Waals surface area contributed by atoms with E-state index in [-0.39, 0.29) is 11.9 Å². The van der Waals surface area contributed by atoms with Crippen molar-refractivity contribution in [1.29, 1.82) is 0 Å². The van der Waals surface area contributed by atoms with Gasteiger partial charge in [0.2, 0.25) is 5.88 Å². The lowest BCUT2D eigenvalue weighted by Crippen LogP contribution is -2.47. The van der Waals surface area contributed by atoms with Gasteiger partial charge in [-0.15, -0.1) is 0 Å². The van der Waals surface area contributed by atoms with Crippen molar-refractivity contribution < 1.29 is 9.53 Å². The van der Waals surface area contributed by atoms with Crippen LogP contribution in [0.4, 0.5) is 0 Å². The number of carbonyl (C=O) groups excluding carboxylic acids is 1. The molecule has 0 unspecified atom stereocenters. The molecular weight excluding hydrogens is 314 g/mol. The van der Waals surface area contributed by atoms with E-state index in [1.807, 2.05) is 11.8 Å². The van der Waals surface area contributed by atoms with Gasteiger partial charge in [-0.2, -0.15) is 0 Å². The SMILES string of the molecule is CCOc1ccc(Cl)c(C(=O)N2CCC[C@@H]2[C@H]2CCCN2C)n1. The number of halogens is 1. The number of ether oxygens (including phenoxy) is 1. The molecule has 23 heavy (non-hydrogen) atoms. The summed E-state index contributed by atoms with van der Waals surface area (Å²) in [5.41, 5.74) is 0.310. The molecule has 6 heteroatoms. The maximum atomic E-state index is 13.0. The summed E-state index contributed by atoms with van der Waals surface area (Å²) in [6, 6.07) is 4.12. The van der Waals surface area contributed by atoms with Crippen molar-refractivity contribution in [3.8, 4) is 5.88 Å². The number of carbonyl (C=O) groups is 1. The molecule has 2 aliphatic rings. The van der Waals surface area contributed by atoms with Crippen molar-refractivity contribution >= 4 is 17.5 Å². The van der Waals surface area contributed by atoms with Crippen molar-refractivity contribution in [1.82, 2.24) is 14.8 Å². The summed E-state index contributed by atoms with van der Waals surface area (Å²) in [6.07, 6.45) is 4.47. The lowest BCUT2D eigenvalue weighted by molar-refractivity contribution is 0.0657. The first-order valence-electron chi connectivity index (χ1n) is 8.42. The minimum atomic E-state index is -0.0700. The third-order valence-corrected chi connectivity index (χ3v) is 5.20. The first-order chi connectivity index (χ1) is 11.1. The van der Waals surface area contributed by atoms with Crippen LogP contribution in [0.15, 0.2) is 12.1 Å². The van der Waals surface area contributed by atoms with Crippen molar-refractivity contribution in [2.75, 3.05) is 26.7 Å². The summed E-state index contributed by atoms with van der Waals surface area (Å²) in [5, 5.41) is 0.392. The van der Waals surface area contributed by atoms with Crippen LogP contribution in [-0.4, -0.2) is 59.5 Å². The lowest BCUT2D eigenvalue weighted by Gasteiger charge is -2.33. The number of pyridine rings is 1. The summed E-state index contributed by atoms with van der Waals surface area (Å²) in [4.78, 5) is 21.7. The van der Waals surface area contributed by atoms with Gasteiger partial charge in [0.05, 0.1) is 11.6 Å². The zero-order valence-electron chi connectivity index (χ0n) is 13.8. The smallest absolute Gasteiger partial charge is 0.274 e. The van der Waals surface area contributed by atoms with Crippen LogP contribution in [0.25, 0.3) is 0 Å². The number of likely N-dealkylation sites (tertiary alicyclic amines) is 2. The first kappa shape index (κ1) is 16.5. The van der Waals surface area contributed by atoms with Crippen molar-refractivity contribution in [2.24, 2.45) is 0 Å².